The van der Waals surface area contributed by atoms with Crippen molar-refractivity contribution < 1.29 is 4.42 Å². The first-order chi connectivity index (χ1) is 17.3. The lowest BCUT2D eigenvalue weighted by Crippen LogP contribution is -1.89. The highest BCUT2D eigenvalue weighted by molar-refractivity contribution is 6.28. The molecule has 1 aromatic heterocycles. The van der Waals surface area contributed by atoms with Crippen LogP contribution in [0.2, 0.25) is 0 Å². The summed E-state index contributed by atoms with van der Waals surface area (Å²) in [5.41, 5.74) is 4.61. The third-order valence-electron chi connectivity index (χ3n) is 7.44. The van der Waals surface area contributed by atoms with Crippen molar-refractivity contribution in [3.05, 3.63) is 121 Å². The molecule has 0 saturated heterocycles. The minimum atomic E-state index is 0.915. The van der Waals surface area contributed by atoms with Crippen LogP contribution in [0.5, 0.6) is 0 Å². The molecule has 8 aromatic rings. The maximum absolute atomic E-state index is 6.29. The predicted molar refractivity (Wildman–Crippen MR) is 148 cm³/mol. The monoisotopic (exact) mass is 444 g/mol. The largest absolute Gasteiger partial charge is 0.456 e. The molecule has 0 spiro atoms. The first-order valence-electron chi connectivity index (χ1n) is 12.0. The molecule has 0 radical (unpaired) electrons. The summed E-state index contributed by atoms with van der Waals surface area (Å²) < 4.78 is 6.29. The Kier molecular flexibility index (Phi) is 3.72. The smallest absolute Gasteiger partial charge is 0.136 e. The second-order valence-corrected chi connectivity index (χ2v) is 9.32. The molecule has 1 nitrogen and oxygen atoms in total. The molecular weight excluding hydrogens is 424 g/mol. The molecule has 0 fully saturated rings. The fourth-order valence-corrected chi connectivity index (χ4v) is 5.83. The van der Waals surface area contributed by atoms with E-state index >= 15 is 0 Å². The van der Waals surface area contributed by atoms with Crippen molar-refractivity contribution in [3.8, 4) is 22.5 Å². The van der Waals surface area contributed by atoms with Crippen LogP contribution < -0.4 is 0 Å². The second kappa shape index (κ2) is 6.94. The van der Waals surface area contributed by atoms with Gasteiger partial charge in [-0.15, -0.1) is 0 Å². The Labute approximate surface area is 202 Å². The van der Waals surface area contributed by atoms with Gasteiger partial charge in [0, 0.05) is 10.9 Å². The molecule has 0 aliphatic heterocycles. The molecular formula is C34H20O. The summed E-state index contributed by atoms with van der Waals surface area (Å²) in [5.74, 6) is 0.915. The Bertz CT molecular complexity index is 2020. The van der Waals surface area contributed by atoms with Crippen molar-refractivity contribution in [1.29, 1.82) is 0 Å². The molecule has 0 saturated carbocycles. The lowest BCUT2D eigenvalue weighted by molar-refractivity contribution is 0.632. The van der Waals surface area contributed by atoms with E-state index in [-0.39, 0.29) is 0 Å². The van der Waals surface area contributed by atoms with Crippen LogP contribution in [-0.4, -0.2) is 0 Å². The Morgan fingerprint density at radius 1 is 0.371 bits per heavy atom. The molecule has 7 aromatic carbocycles. The predicted octanol–water partition coefficient (Wildman–Crippen LogP) is 9.82. The fourth-order valence-electron chi connectivity index (χ4n) is 5.83. The van der Waals surface area contributed by atoms with Gasteiger partial charge in [0.2, 0.25) is 0 Å². The topological polar surface area (TPSA) is 13.1 Å². The average molecular weight is 445 g/mol. The third-order valence-corrected chi connectivity index (χ3v) is 7.44. The maximum atomic E-state index is 6.29. The molecule has 0 unspecified atom stereocenters. The molecule has 1 heterocycles. The van der Waals surface area contributed by atoms with Gasteiger partial charge < -0.3 is 4.42 Å². The zero-order valence-electron chi connectivity index (χ0n) is 19.0. The quantitative estimate of drug-likeness (QED) is 0.242. The summed E-state index contributed by atoms with van der Waals surface area (Å²) in [4.78, 5) is 0. The number of fused-ring (bicyclic) bond motifs is 2. The van der Waals surface area contributed by atoms with E-state index in [1.165, 1.54) is 54.2 Å². The maximum Gasteiger partial charge on any atom is 0.136 e. The highest BCUT2D eigenvalue weighted by atomic mass is 16.3. The van der Waals surface area contributed by atoms with E-state index in [0.29, 0.717) is 0 Å². The number of rotatable bonds is 2. The van der Waals surface area contributed by atoms with Gasteiger partial charge in [0.05, 0.1) is 0 Å². The van der Waals surface area contributed by atoms with Crippen LogP contribution in [0.3, 0.4) is 0 Å². The Balaban J connectivity index is 1.47. The van der Waals surface area contributed by atoms with E-state index in [9.17, 15) is 0 Å². The van der Waals surface area contributed by atoms with E-state index in [1.807, 2.05) is 12.1 Å². The summed E-state index contributed by atoms with van der Waals surface area (Å²) in [6.07, 6.45) is 0. The van der Waals surface area contributed by atoms with Gasteiger partial charge in [-0.05, 0) is 72.4 Å². The van der Waals surface area contributed by atoms with Crippen LogP contribution in [0.1, 0.15) is 0 Å². The summed E-state index contributed by atoms with van der Waals surface area (Å²) in [6, 6.07) is 43.7. The summed E-state index contributed by atoms with van der Waals surface area (Å²) in [5, 5.41) is 11.4. The number of hydrogen-bond donors (Lipinski definition) is 0. The molecule has 162 valence electrons. The summed E-state index contributed by atoms with van der Waals surface area (Å²) in [7, 11) is 0. The van der Waals surface area contributed by atoms with Crippen LogP contribution in [0, 0.1) is 0 Å². The van der Waals surface area contributed by atoms with Crippen LogP contribution in [0.4, 0.5) is 0 Å². The first-order valence-corrected chi connectivity index (χ1v) is 12.0. The molecule has 8 rings (SSSR count). The standard InChI is InChI=1S/C34H20O/c1-3-9-25-21(6-1)8-5-10-26(25)27-16-12-22-15-19-30-28(32-20-24-7-2-4-11-31(24)35-32)17-13-23-14-18-29(27)33(22)34(23)30/h1-20H. The van der Waals surface area contributed by atoms with Gasteiger partial charge in [-0.25, -0.2) is 0 Å². The molecule has 0 bridgehead atoms. The number of benzene rings is 7. The van der Waals surface area contributed by atoms with Crippen molar-refractivity contribution in [2.45, 2.75) is 0 Å². The van der Waals surface area contributed by atoms with Gasteiger partial charge in [-0.3, -0.25) is 0 Å². The summed E-state index contributed by atoms with van der Waals surface area (Å²) in [6.45, 7) is 0. The van der Waals surface area contributed by atoms with E-state index in [0.717, 1.165) is 22.3 Å². The van der Waals surface area contributed by atoms with Crippen LogP contribution in [0.25, 0.3) is 76.5 Å². The normalized spacial score (nSPS) is 12.0. The Hall–Kier alpha value is -4.62. The van der Waals surface area contributed by atoms with Crippen LogP contribution in [-0.2, 0) is 0 Å². The van der Waals surface area contributed by atoms with Crippen LogP contribution >= 0.6 is 0 Å². The zero-order valence-corrected chi connectivity index (χ0v) is 19.0. The van der Waals surface area contributed by atoms with Crippen molar-refractivity contribution in [1.82, 2.24) is 0 Å². The zero-order chi connectivity index (χ0) is 22.9. The molecule has 0 amide bonds. The van der Waals surface area contributed by atoms with Gasteiger partial charge in [0.25, 0.3) is 0 Å². The molecule has 35 heavy (non-hydrogen) atoms. The Morgan fingerprint density at radius 3 is 1.77 bits per heavy atom. The minimum Gasteiger partial charge on any atom is -0.456 e. The average Bonchev–Trinajstić information content (AvgIpc) is 3.35. The van der Waals surface area contributed by atoms with Gasteiger partial charge in [0.1, 0.15) is 11.3 Å². The number of hydrogen-bond acceptors (Lipinski definition) is 1. The molecule has 0 aliphatic carbocycles. The van der Waals surface area contributed by atoms with Gasteiger partial charge in [0.15, 0.2) is 0 Å². The van der Waals surface area contributed by atoms with E-state index in [1.54, 1.807) is 0 Å². The highest BCUT2D eigenvalue weighted by Gasteiger charge is 2.17. The van der Waals surface area contributed by atoms with E-state index < -0.39 is 0 Å². The minimum absolute atomic E-state index is 0.915. The van der Waals surface area contributed by atoms with E-state index in [4.69, 9.17) is 4.42 Å². The highest BCUT2D eigenvalue weighted by Crippen LogP contribution is 2.43. The number of furan rings is 1. The SMILES string of the molecule is c1ccc2oc(-c3ccc4ccc5c(-c6cccc7ccccc67)ccc6ccc3c4c65)cc2c1. The second-order valence-electron chi connectivity index (χ2n) is 9.32. The van der Waals surface area contributed by atoms with Crippen molar-refractivity contribution in [3.63, 3.8) is 0 Å². The molecule has 0 N–H and O–H groups in total. The lowest BCUT2D eigenvalue weighted by Gasteiger charge is -2.16. The molecule has 0 aliphatic rings. The first kappa shape index (κ1) is 18.8. The molecule has 1 heteroatoms. The third kappa shape index (κ3) is 2.64. The fraction of sp³-hybridized carbons (Fsp3) is 0. The molecule has 0 atom stereocenters. The van der Waals surface area contributed by atoms with Crippen molar-refractivity contribution >= 4 is 54.1 Å². The van der Waals surface area contributed by atoms with Gasteiger partial charge >= 0.3 is 0 Å². The lowest BCUT2D eigenvalue weighted by atomic mass is 9.87. The van der Waals surface area contributed by atoms with Crippen molar-refractivity contribution in [2.75, 3.05) is 0 Å². The number of para-hydroxylation sites is 1. The van der Waals surface area contributed by atoms with Gasteiger partial charge in [-0.1, -0.05) is 103 Å². The van der Waals surface area contributed by atoms with Crippen LogP contribution in [0.15, 0.2) is 126 Å². The van der Waals surface area contributed by atoms with E-state index in [2.05, 4.69) is 109 Å². The Morgan fingerprint density at radius 2 is 0.971 bits per heavy atom. The van der Waals surface area contributed by atoms with Gasteiger partial charge in [-0.2, -0.15) is 0 Å². The van der Waals surface area contributed by atoms with Crippen molar-refractivity contribution in [2.24, 2.45) is 0 Å². The summed E-state index contributed by atoms with van der Waals surface area (Å²) >= 11 is 0.